The second kappa shape index (κ2) is 6.78. The third kappa shape index (κ3) is 3.85. The van der Waals surface area contributed by atoms with Crippen LogP contribution >= 0.6 is 0 Å². The Morgan fingerprint density at radius 1 is 1.26 bits per heavy atom. The molecule has 0 bridgehead atoms. The van der Waals surface area contributed by atoms with Crippen molar-refractivity contribution in [2.45, 2.75) is 19.9 Å². The molecule has 0 aliphatic carbocycles. The van der Waals surface area contributed by atoms with Gasteiger partial charge in [0.25, 0.3) is 0 Å². The van der Waals surface area contributed by atoms with Crippen molar-refractivity contribution >= 4 is 0 Å². The zero-order valence-corrected chi connectivity index (χ0v) is 12.1. The first-order valence-corrected chi connectivity index (χ1v) is 7.02. The van der Waals surface area contributed by atoms with E-state index in [4.69, 9.17) is 9.47 Å². The van der Waals surface area contributed by atoms with Crippen LogP contribution < -0.4 is 14.8 Å². The fourth-order valence-corrected chi connectivity index (χ4v) is 2.08. The quantitative estimate of drug-likeness (QED) is 0.853. The summed E-state index contributed by atoms with van der Waals surface area (Å²) in [6.07, 6.45) is 0. The van der Waals surface area contributed by atoms with Gasteiger partial charge in [-0.05, 0) is 38.2 Å². The molecule has 106 valence electrons. The van der Waals surface area contributed by atoms with Crippen molar-refractivity contribution in [2.75, 3.05) is 39.9 Å². The first kappa shape index (κ1) is 14.2. The van der Waals surface area contributed by atoms with E-state index in [-0.39, 0.29) is 0 Å². The number of nitrogens with one attached hydrogen (secondary N) is 1. The van der Waals surface area contributed by atoms with Crippen LogP contribution in [0, 0.1) is 0 Å². The van der Waals surface area contributed by atoms with Gasteiger partial charge in [-0.15, -0.1) is 0 Å². The van der Waals surface area contributed by atoms with Gasteiger partial charge in [0.2, 0.25) is 0 Å². The van der Waals surface area contributed by atoms with Crippen molar-refractivity contribution in [2.24, 2.45) is 0 Å². The molecule has 1 unspecified atom stereocenters. The van der Waals surface area contributed by atoms with Crippen LogP contribution in [0.3, 0.4) is 0 Å². The van der Waals surface area contributed by atoms with Gasteiger partial charge >= 0.3 is 0 Å². The van der Waals surface area contributed by atoms with E-state index in [0.29, 0.717) is 19.3 Å². The Balaban J connectivity index is 1.90. The van der Waals surface area contributed by atoms with Crippen molar-refractivity contribution < 1.29 is 9.47 Å². The lowest BCUT2D eigenvalue weighted by molar-refractivity contribution is 0.171. The molecule has 4 nitrogen and oxygen atoms in total. The Hall–Kier alpha value is -1.26. The predicted molar refractivity (Wildman–Crippen MR) is 77.0 cm³/mol. The molecule has 1 N–H and O–H groups in total. The summed E-state index contributed by atoms with van der Waals surface area (Å²) in [4.78, 5) is 2.30. The van der Waals surface area contributed by atoms with Crippen LogP contribution in [0.5, 0.6) is 11.5 Å². The molecule has 1 aromatic carbocycles. The summed E-state index contributed by atoms with van der Waals surface area (Å²) in [6.45, 7) is 8.76. The Labute approximate surface area is 115 Å². The van der Waals surface area contributed by atoms with E-state index in [2.05, 4.69) is 43.2 Å². The molecule has 0 saturated carbocycles. The molecule has 1 aromatic rings. The van der Waals surface area contributed by atoms with Gasteiger partial charge in [-0.1, -0.05) is 13.0 Å². The maximum Gasteiger partial charge on any atom is 0.161 e. The summed E-state index contributed by atoms with van der Waals surface area (Å²) >= 11 is 0. The lowest BCUT2D eigenvalue weighted by atomic mass is 10.1. The fourth-order valence-electron chi connectivity index (χ4n) is 2.08. The van der Waals surface area contributed by atoms with Crippen LogP contribution in [0.1, 0.15) is 25.5 Å². The number of benzene rings is 1. The van der Waals surface area contributed by atoms with Crippen LogP contribution in [0.25, 0.3) is 0 Å². The minimum atomic E-state index is 0.320. The molecule has 0 radical (unpaired) electrons. The van der Waals surface area contributed by atoms with Gasteiger partial charge in [0.15, 0.2) is 11.5 Å². The minimum Gasteiger partial charge on any atom is -0.486 e. The smallest absolute Gasteiger partial charge is 0.161 e. The first-order chi connectivity index (χ1) is 9.20. The van der Waals surface area contributed by atoms with Crippen molar-refractivity contribution in [3.05, 3.63) is 23.8 Å². The third-order valence-electron chi connectivity index (χ3n) is 3.55. The minimum absolute atomic E-state index is 0.320. The van der Waals surface area contributed by atoms with Crippen molar-refractivity contribution in [3.63, 3.8) is 0 Å². The molecule has 0 fully saturated rings. The highest BCUT2D eigenvalue weighted by Crippen LogP contribution is 2.32. The molecule has 1 heterocycles. The second-order valence-corrected chi connectivity index (χ2v) is 4.97. The van der Waals surface area contributed by atoms with Crippen molar-refractivity contribution in [1.29, 1.82) is 0 Å². The summed E-state index contributed by atoms with van der Waals surface area (Å²) in [6, 6.07) is 6.51. The van der Waals surface area contributed by atoms with Crippen LogP contribution in [0.2, 0.25) is 0 Å². The van der Waals surface area contributed by atoms with E-state index in [1.165, 1.54) is 5.56 Å². The monoisotopic (exact) mass is 264 g/mol. The maximum atomic E-state index is 5.61. The molecule has 0 saturated heterocycles. The molecular formula is C15H24N2O2. The summed E-state index contributed by atoms with van der Waals surface area (Å²) < 4.78 is 11.1. The SMILES string of the molecule is CCN(C)CCNC(C)c1ccc2c(c1)OCCO2. The third-order valence-corrected chi connectivity index (χ3v) is 3.55. The summed E-state index contributed by atoms with van der Waals surface area (Å²) in [5.74, 6) is 1.72. The number of likely N-dealkylation sites (N-methyl/N-ethyl adjacent to an activating group) is 1. The predicted octanol–water partition coefficient (Wildman–Crippen LogP) is 2.06. The fraction of sp³-hybridized carbons (Fsp3) is 0.600. The normalized spacial score (nSPS) is 15.6. The standard InChI is InChI=1S/C15H24N2O2/c1-4-17(3)8-7-16-12(2)13-5-6-14-15(11-13)19-10-9-18-14/h5-6,11-12,16H,4,7-10H2,1-3H3. The molecular weight excluding hydrogens is 240 g/mol. The highest BCUT2D eigenvalue weighted by molar-refractivity contribution is 5.44. The largest absolute Gasteiger partial charge is 0.486 e. The van der Waals surface area contributed by atoms with Gasteiger partial charge in [-0.2, -0.15) is 0 Å². The highest BCUT2D eigenvalue weighted by Gasteiger charge is 2.14. The Morgan fingerprint density at radius 2 is 2.00 bits per heavy atom. The maximum absolute atomic E-state index is 5.61. The van der Waals surface area contributed by atoms with Gasteiger partial charge in [-0.25, -0.2) is 0 Å². The summed E-state index contributed by atoms with van der Waals surface area (Å²) in [7, 11) is 2.14. The van der Waals surface area contributed by atoms with Gasteiger partial charge in [0, 0.05) is 19.1 Å². The molecule has 1 aliphatic rings. The number of nitrogens with zero attached hydrogens (tertiary/aromatic N) is 1. The number of hydrogen-bond donors (Lipinski definition) is 1. The van der Waals surface area contributed by atoms with E-state index < -0.39 is 0 Å². The van der Waals surface area contributed by atoms with Gasteiger partial charge in [0.1, 0.15) is 13.2 Å². The summed E-state index contributed by atoms with van der Waals surface area (Å²) in [5.41, 5.74) is 1.24. The number of ether oxygens (including phenoxy) is 2. The molecule has 1 aliphatic heterocycles. The Bertz CT molecular complexity index is 409. The second-order valence-electron chi connectivity index (χ2n) is 4.97. The average molecular weight is 264 g/mol. The average Bonchev–Trinajstić information content (AvgIpc) is 2.46. The van der Waals surface area contributed by atoms with Gasteiger partial charge in [-0.3, -0.25) is 0 Å². The molecule has 19 heavy (non-hydrogen) atoms. The number of fused-ring (bicyclic) bond motifs is 1. The molecule has 1 atom stereocenters. The lowest BCUT2D eigenvalue weighted by Gasteiger charge is -2.22. The summed E-state index contributed by atoms with van der Waals surface area (Å²) in [5, 5.41) is 3.53. The first-order valence-electron chi connectivity index (χ1n) is 7.02. The van der Waals surface area contributed by atoms with E-state index in [0.717, 1.165) is 31.1 Å². The van der Waals surface area contributed by atoms with Crippen LogP contribution in [0.4, 0.5) is 0 Å². The molecule has 0 aromatic heterocycles. The Morgan fingerprint density at radius 3 is 2.74 bits per heavy atom. The van der Waals surface area contributed by atoms with Gasteiger partial charge in [0.05, 0.1) is 0 Å². The van der Waals surface area contributed by atoms with E-state index in [9.17, 15) is 0 Å². The van der Waals surface area contributed by atoms with Crippen LogP contribution in [-0.2, 0) is 0 Å². The highest BCUT2D eigenvalue weighted by atomic mass is 16.6. The molecule has 0 amide bonds. The number of hydrogen-bond acceptors (Lipinski definition) is 4. The van der Waals surface area contributed by atoms with E-state index in [1.54, 1.807) is 0 Å². The number of rotatable bonds is 6. The molecule has 4 heteroatoms. The zero-order chi connectivity index (χ0) is 13.7. The van der Waals surface area contributed by atoms with Crippen molar-refractivity contribution in [3.8, 4) is 11.5 Å². The van der Waals surface area contributed by atoms with Gasteiger partial charge < -0.3 is 19.7 Å². The van der Waals surface area contributed by atoms with Crippen LogP contribution in [0.15, 0.2) is 18.2 Å². The lowest BCUT2D eigenvalue weighted by Crippen LogP contribution is -2.30. The van der Waals surface area contributed by atoms with Crippen LogP contribution in [-0.4, -0.2) is 44.8 Å². The Kier molecular flexibility index (Phi) is 5.05. The van der Waals surface area contributed by atoms with E-state index >= 15 is 0 Å². The topological polar surface area (TPSA) is 33.7 Å². The molecule has 2 rings (SSSR count). The van der Waals surface area contributed by atoms with Crippen molar-refractivity contribution in [1.82, 2.24) is 10.2 Å². The zero-order valence-electron chi connectivity index (χ0n) is 12.1. The van der Waals surface area contributed by atoms with E-state index in [1.807, 2.05) is 6.07 Å². The molecule has 0 spiro atoms.